The summed E-state index contributed by atoms with van der Waals surface area (Å²) in [4.78, 5) is 26.1. The van der Waals surface area contributed by atoms with Crippen LogP contribution in [0.4, 0.5) is 4.39 Å². The van der Waals surface area contributed by atoms with Gasteiger partial charge in [0.15, 0.2) is 5.60 Å². The standard InChI is InChI=1S/C21H21FN2O5S/c22-17-8-3-4-9-18(17)30(27,28)23-12-10-19(25)24-13-5-11-21(14-24)16-7-2-1-6-15(16)20(26)29-21/h1-4,6-9,23H,5,10-14H2/t21-/m0/s1. The number of likely N-dealkylation sites (tertiary alicyclic amines) is 1. The van der Waals surface area contributed by atoms with E-state index in [1.54, 1.807) is 17.0 Å². The predicted molar refractivity (Wildman–Crippen MR) is 106 cm³/mol. The maximum absolute atomic E-state index is 13.7. The van der Waals surface area contributed by atoms with E-state index >= 15 is 0 Å². The van der Waals surface area contributed by atoms with Crippen molar-refractivity contribution in [2.45, 2.75) is 29.8 Å². The van der Waals surface area contributed by atoms with E-state index in [-0.39, 0.29) is 25.4 Å². The van der Waals surface area contributed by atoms with Crippen LogP contribution in [0.3, 0.4) is 0 Å². The van der Waals surface area contributed by atoms with Gasteiger partial charge in [-0.05, 0) is 31.0 Å². The fraction of sp³-hybridized carbons (Fsp3) is 0.333. The lowest BCUT2D eigenvalue weighted by molar-refractivity contribution is -0.138. The van der Waals surface area contributed by atoms with Gasteiger partial charge in [-0.1, -0.05) is 30.3 Å². The molecule has 1 N–H and O–H groups in total. The molecule has 2 aliphatic heterocycles. The summed E-state index contributed by atoms with van der Waals surface area (Å²) in [5.41, 5.74) is 0.450. The third-order valence-electron chi connectivity index (χ3n) is 5.49. The summed E-state index contributed by atoms with van der Waals surface area (Å²) >= 11 is 0. The molecule has 0 radical (unpaired) electrons. The Hall–Kier alpha value is -2.78. The summed E-state index contributed by atoms with van der Waals surface area (Å²) in [6.07, 6.45) is 1.20. The van der Waals surface area contributed by atoms with Gasteiger partial charge in [-0.15, -0.1) is 0 Å². The van der Waals surface area contributed by atoms with Crippen LogP contribution in [0.15, 0.2) is 53.4 Å². The third-order valence-corrected chi connectivity index (χ3v) is 6.98. The van der Waals surface area contributed by atoms with Crippen molar-refractivity contribution in [3.8, 4) is 0 Å². The van der Waals surface area contributed by atoms with Gasteiger partial charge >= 0.3 is 5.97 Å². The molecule has 30 heavy (non-hydrogen) atoms. The van der Waals surface area contributed by atoms with Crippen molar-refractivity contribution >= 4 is 21.9 Å². The zero-order valence-electron chi connectivity index (χ0n) is 16.1. The highest BCUT2D eigenvalue weighted by Crippen LogP contribution is 2.42. The summed E-state index contributed by atoms with van der Waals surface area (Å²) in [5, 5.41) is 0. The first-order chi connectivity index (χ1) is 14.3. The third kappa shape index (κ3) is 3.70. The van der Waals surface area contributed by atoms with E-state index in [1.807, 2.05) is 12.1 Å². The van der Waals surface area contributed by atoms with Gasteiger partial charge in [-0.3, -0.25) is 4.79 Å². The Morgan fingerprint density at radius 2 is 1.90 bits per heavy atom. The molecule has 2 heterocycles. The Morgan fingerprint density at radius 1 is 1.17 bits per heavy atom. The number of sulfonamides is 1. The number of esters is 1. The summed E-state index contributed by atoms with van der Waals surface area (Å²) in [6.45, 7) is 0.574. The Kier molecular flexibility index (Phi) is 5.33. The Balaban J connectivity index is 1.40. The molecule has 7 nitrogen and oxygen atoms in total. The number of hydrogen-bond donors (Lipinski definition) is 1. The number of fused-ring (bicyclic) bond motifs is 2. The van der Waals surface area contributed by atoms with Crippen LogP contribution in [0.2, 0.25) is 0 Å². The van der Waals surface area contributed by atoms with Gasteiger partial charge in [0.05, 0.1) is 12.1 Å². The number of amides is 1. The Bertz CT molecular complexity index is 1100. The van der Waals surface area contributed by atoms with Gasteiger partial charge in [0.1, 0.15) is 10.7 Å². The topological polar surface area (TPSA) is 92.8 Å². The monoisotopic (exact) mass is 432 g/mol. The van der Waals surface area contributed by atoms with Gasteiger partial charge in [0.2, 0.25) is 15.9 Å². The van der Waals surface area contributed by atoms with Crippen molar-refractivity contribution in [2.24, 2.45) is 0 Å². The normalized spacial score (nSPS) is 20.8. The molecule has 0 bridgehead atoms. The van der Waals surface area contributed by atoms with Crippen LogP contribution in [0, 0.1) is 5.82 Å². The van der Waals surface area contributed by atoms with Crippen molar-refractivity contribution < 1.29 is 27.1 Å². The van der Waals surface area contributed by atoms with E-state index < -0.39 is 32.3 Å². The highest BCUT2D eigenvalue weighted by molar-refractivity contribution is 7.89. The lowest BCUT2D eigenvalue weighted by Gasteiger charge is -2.39. The number of carbonyl (C=O) groups is 2. The molecule has 1 spiro atoms. The SMILES string of the molecule is O=C1O[C@]2(CCCN(C(=O)CCNS(=O)(=O)c3ccccc3F)C2)c2ccccc21. The Labute approximate surface area is 173 Å². The van der Waals surface area contributed by atoms with E-state index in [0.717, 1.165) is 11.6 Å². The average molecular weight is 432 g/mol. The van der Waals surface area contributed by atoms with Crippen LogP contribution in [-0.4, -0.2) is 44.8 Å². The smallest absolute Gasteiger partial charge is 0.339 e. The zero-order chi connectivity index (χ0) is 21.4. The number of halogens is 1. The Morgan fingerprint density at radius 3 is 2.70 bits per heavy atom. The molecule has 0 aliphatic carbocycles. The second kappa shape index (κ2) is 7.81. The highest BCUT2D eigenvalue weighted by Gasteiger charge is 2.48. The first-order valence-corrected chi connectivity index (χ1v) is 11.2. The van der Waals surface area contributed by atoms with E-state index in [0.29, 0.717) is 24.9 Å². The van der Waals surface area contributed by atoms with Crippen LogP contribution in [-0.2, 0) is 25.2 Å². The number of rotatable bonds is 5. The first kappa shape index (κ1) is 20.5. The molecule has 1 saturated heterocycles. The number of carbonyl (C=O) groups excluding carboxylic acids is 2. The number of benzene rings is 2. The van der Waals surface area contributed by atoms with Crippen molar-refractivity contribution in [2.75, 3.05) is 19.6 Å². The molecule has 9 heteroatoms. The second-order valence-corrected chi connectivity index (χ2v) is 9.16. The molecule has 0 aromatic heterocycles. The zero-order valence-corrected chi connectivity index (χ0v) is 17.0. The van der Waals surface area contributed by atoms with Gasteiger partial charge < -0.3 is 9.64 Å². The maximum Gasteiger partial charge on any atom is 0.339 e. The van der Waals surface area contributed by atoms with E-state index in [2.05, 4.69) is 4.72 Å². The van der Waals surface area contributed by atoms with Crippen LogP contribution in [0.25, 0.3) is 0 Å². The van der Waals surface area contributed by atoms with E-state index in [4.69, 9.17) is 4.74 Å². The van der Waals surface area contributed by atoms with Crippen LogP contribution in [0.5, 0.6) is 0 Å². The molecule has 0 saturated carbocycles. The lowest BCUT2D eigenvalue weighted by Crippen LogP contribution is -2.49. The van der Waals surface area contributed by atoms with Gasteiger partial charge in [-0.25, -0.2) is 22.3 Å². The first-order valence-electron chi connectivity index (χ1n) is 9.67. The minimum absolute atomic E-state index is 0.0840. The fourth-order valence-corrected chi connectivity index (χ4v) is 5.18. The number of nitrogens with one attached hydrogen (secondary N) is 1. The molecule has 4 rings (SSSR count). The average Bonchev–Trinajstić information content (AvgIpc) is 2.99. The van der Waals surface area contributed by atoms with E-state index in [9.17, 15) is 22.4 Å². The van der Waals surface area contributed by atoms with E-state index in [1.165, 1.54) is 18.2 Å². The minimum Gasteiger partial charge on any atom is -0.449 e. The molecular weight excluding hydrogens is 411 g/mol. The molecule has 1 amide bonds. The number of nitrogens with zero attached hydrogens (tertiary/aromatic N) is 1. The summed E-state index contributed by atoms with van der Waals surface area (Å²) in [6, 6.07) is 12.2. The quantitative estimate of drug-likeness (QED) is 0.731. The summed E-state index contributed by atoms with van der Waals surface area (Å²) in [7, 11) is -4.05. The van der Waals surface area contributed by atoms with Crippen molar-refractivity contribution in [1.29, 1.82) is 0 Å². The van der Waals surface area contributed by atoms with Crippen LogP contribution >= 0.6 is 0 Å². The summed E-state index contributed by atoms with van der Waals surface area (Å²) < 4.78 is 46.2. The van der Waals surface area contributed by atoms with Crippen LogP contribution in [0.1, 0.15) is 35.2 Å². The predicted octanol–water partition coefficient (Wildman–Crippen LogP) is 2.18. The van der Waals surface area contributed by atoms with Crippen molar-refractivity contribution in [1.82, 2.24) is 9.62 Å². The van der Waals surface area contributed by atoms with Gasteiger partial charge in [0.25, 0.3) is 0 Å². The number of hydrogen-bond acceptors (Lipinski definition) is 5. The van der Waals surface area contributed by atoms with Gasteiger partial charge in [0, 0.05) is 25.1 Å². The molecule has 1 fully saturated rings. The highest BCUT2D eigenvalue weighted by atomic mass is 32.2. The summed E-state index contributed by atoms with van der Waals surface area (Å²) in [5.74, 6) is -1.50. The van der Waals surface area contributed by atoms with Crippen molar-refractivity contribution in [3.05, 3.63) is 65.5 Å². The molecule has 0 unspecified atom stereocenters. The molecule has 2 aromatic carbocycles. The van der Waals surface area contributed by atoms with Crippen LogP contribution < -0.4 is 4.72 Å². The molecule has 2 aliphatic rings. The molecule has 2 aromatic rings. The van der Waals surface area contributed by atoms with Gasteiger partial charge in [-0.2, -0.15) is 0 Å². The second-order valence-electron chi connectivity index (χ2n) is 7.43. The molecule has 158 valence electrons. The lowest BCUT2D eigenvalue weighted by atomic mass is 9.85. The number of piperidine rings is 1. The fourth-order valence-electron chi connectivity index (χ4n) is 4.07. The number of ether oxygens (including phenoxy) is 1. The molecular formula is C21H21FN2O5S. The van der Waals surface area contributed by atoms with Crippen molar-refractivity contribution in [3.63, 3.8) is 0 Å². The minimum atomic E-state index is -4.05. The maximum atomic E-state index is 13.7. The largest absolute Gasteiger partial charge is 0.449 e. The molecule has 1 atom stereocenters.